The summed E-state index contributed by atoms with van der Waals surface area (Å²) in [6.07, 6.45) is 0.945. The van der Waals surface area contributed by atoms with E-state index in [2.05, 4.69) is 9.72 Å². The molecule has 1 aliphatic rings. The second-order valence-electron chi connectivity index (χ2n) is 7.36. The van der Waals surface area contributed by atoms with Crippen molar-refractivity contribution in [2.24, 2.45) is 7.05 Å². The highest BCUT2D eigenvalue weighted by Gasteiger charge is 2.33. The van der Waals surface area contributed by atoms with E-state index in [-0.39, 0.29) is 29.9 Å². The first-order chi connectivity index (χ1) is 15.2. The van der Waals surface area contributed by atoms with Gasteiger partial charge in [0.2, 0.25) is 5.91 Å². The van der Waals surface area contributed by atoms with Gasteiger partial charge >= 0.3 is 6.36 Å². The molecule has 0 bridgehead atoms. The summed E-state index contributed by atoms with van der Waals surface area (Å²) in [6.45, 7) is 0.390. The number of carbonyl (C=O) groups excluding carboxylic acids is 1. The van der Waals surface area contributed by atoms with Gasteiger partial charge in [0.15, 0.2) is 0 Å². The fourth-order valence-electron chi connectivity index (χ4n) is 3.65. The summed E-state index contributed by atoms with van der Waals surface area (Å²) >= 11 is 0. The van der Waals surface area contributed by atoms with E-state index in [0.717, 1.165) is 0 Å². The van der Waals surface area contributed by atoms with Gasteiger partial charge in [-0.2, -0.15) is 0 Å². The molecule has 0 saturated carbocycles. The molecule has 3 aromatic rings. The van der Waals surface area contributed by atoms with E-state index < -0.39 is 6.36 Å². The number of aromatic nitrogens is 3. The number of hydrogen-bond acceptors (Lipinski definition) is 5. The predicted octanol–water partition coefficient (Wildman–Crippen LogP) is 2.23. The number of aliphatic hydroxyl groups excluding tert-OH is 1. The van der Waals surface area contributed by atoms with Gasteiger partial charge in [0, 0.05) is 38.0 Å². The number of amides is 1. The fourth-order valence-corrected chi connectivity index (χ4v) is 3.65. The standard InChI is InChI=1S/C21H19F3N4O4/c1-26-12-25-18-16(13-4-6-15(7-5-13)32-21(22,23)24)11-28(20(31)19(18)26)14-9-27(10-14)17(30)3-2-8-29/h2-7,11-12,14,29H,8-10H2,1H3/b3-2+. The van der Waals surface area contributed by atoms with Crippen LogP contribution in [0.3, 0.4) is 0 Å². The number of halogens is 3. The second-order valence-corrected chi connectivity index (χ2v) is 7.36. The Morgan fingerprint density at radius 1 is 1.28 bits per heavy atom. The molecule has 11 heteroatoms. The van der Waals surface area contributed by atoms with E-state index in [4.69, 9.17) is 5.11 Å². The zero-order valence-corrected chi connectivity index (χ0v) is 16.9. The van der Waals surface area contributed by atoms with Crippen LogP contribution in [-0.2, 0) is 11.8 Å². The van der Waals surface area contributed by atoms with Crippen molar-refractivity contribution in [1.29, 1.82) is 0 Å². The topological polar surface area (TPSA) is 89.6 Å². The van der Waals surface area contributed by atoms with Gasteiger partial charge in [0.25, 0.3) is 5.56 Å². The number of ether oxygens (including phenoxy) is 1. The van der Waals surface area contributed by atoms with Gasteiger partial charge < -0.3 is 23.9 Å². The van der Waals surface area contributed by atoms with Crippen LogP contribution >= 0.6 is 0 Å². The maximum Gasteiger partial charge on any atom is 0.573 e. The smallest absolute Gasteiger partial charge is 0.406 e. The Bertz CT molecular complexity index is 1240. The summed E-state index contributed by atoms with van der Waals surface area (Å²) < 4.78 is 44.4. The zero-order valence-electron chi connectivity index (χ0n) is 16.9. The van der Waals surface area contributed by atoms with Crippen LogP contribution in [0.15, 0.2) is 53.7 Å². The first kappa shape index (κ1) is 21.6. The molecule has 1 aliphatic heterocycles. The monoisotopic (exact) mass is 448 g/mol. The normalized spacial score (nSPS) is 14.8. The van der Waals surface area contributed by atoms with Crippen molar-refractivity contribution < 1.29 is 27.8 Å². The molecule has 0 atom stereocenters. The molecule has 0 aliphatic carbocycles. The highest BCUT2D eigenvalue weighted by atomic mass is 19.4. The minimum atomic E-state index is -4.79. The van der Waals surface area contributed by atoms with Crippen molar-refractivity contribution in [3.05, 3.63) is 59.3 Å². The Balaban J connectivity index is 1.69. The molecule has 168 valence electrons. The Kier molecular flexibility index (Phi) is 5.51. The van der Waals surface area contributed by atoms with Crippen LogP contribution in [0.5, 0.6) is 5.75 Å². The van der Waals surface area contributed by atoms with E-state index >= 15 is 0 Å². The number of hydrogen-bond donors (Lipinski definition) is 1. The molecule has 2 aromatic heterocycles. The van der Waals surface area contributed by atoms with E-state index in [0.29, 0.717) is 35.2 Å². The lowest BCUT2D eigenvalue weighted by Crippen LogP contribution is -2.52. The molecule has 0 spiro atoms. The van der Waals surface area contributed by atoms with Crippen molar-refractivity contribution >= 4 is 16.9 Å². The molecule has 8 nitrogen and oxygen atoms in total. The molecule has 3 heterocycles. The van der Waals surface area contributed by atoms with Gasteiger partial charge in [-0.25, -0.2) is 4.98 Å². The maximum atomic E-state index is 13.1. The average Bonchev–Trinajstić information content (AvgIpc) is 3.08. The predicted molar refractivity (Wildman–Crippen MR) is 109 cm³/mol. The minimum Gasteiger partial charge on any atom is -0.406 e. The molecular weight excluding hydrogens is 429 g/mol. The molecule has 1 fully saturated rings. The summed E-state index contributed by atoms with van der Waals surface area (Å²) in [5.41, 5.74) is 1.64. The molecule has 1 amide bonds. The van der Waals surface area contributed by atoms with E-state index in [1.807, 2.05) is 0 Å². The number of carbonyl (C=O) groups is 1. The summed E-state index contributed by atoms with van der Waals surface area (Å²) in [6, 6.07) is 5.07. The first-order valence-electron chi connectivity index (χ1n) is 9.66. The molecule has 0 unspecified atom stereocenters. The van der Waals surface area contributed by atoms with Gasteiger partial charge in [0.1, 0.15) is 16.8 Å². The van der Waals surface area contributed by atoms with Crippen LogP contribution in [0.25, 0.3) is 22.2 Å². The molecular formula is C21H19F3N4O4. The lowest BCUT2D eigenvalue weighted by molar-refractivity contribution is -0.274. The van der Waals surface area contributed by atoms with Gasteiger partial charge in [0.05, 0.1) is 19.0 Å². The van der Waals surface area contributed by atoms with Crippen LogP contribution < -0.4 is 10.3 Å². The Morgan fingerprint density at radius 3 is 2.59 bits per heavy atom. The van der Waals surface area contributed by atoms with Gasteiger partial charge in [-0.3, -0.25) is 9.59 Å². The average molecular weight is 448 g/mol. The first-order valence-corrected chi connectivity index (χ1v) is 9.66. The Labute approximate surface area is 179 Å². The number of fused-ring (bicyclic) bond motifs is 1. The van der Waals surface area contributed by atoms with Crippen molar-refractivity contribution in [2.45, 2.75) is 12.4 Å². The third-order valence-electron chi connectivity index (χ3n) is 5.23. The van der Waals surface area contributed by atoms with Crippen molar-refractivity contribution in [2.75, 3.05) is 19.7 Å². The largest absolute Gasteiger partial charge is 0.573 e. The SMILES string of the molecule is Cn1cnc2c(-c3ccc(OC(F)(F)F)cc3)cn(C3CN(C(=O)/C=C/CO)C3)c(=O)c21. The number of aryl methyl sites for hydroxylation is 1. The number of likely N-dealkylation sites (tertiary alicyclic amines) is 1. The van der Waals surface area contributed by atoms with Crippen molar-refractivity contribution in [1.82, 2.24) is 19.0 Å². The quantitative estimate of drug-likeness (QED) is 0.605. The van der Waals surface area contributed by atoms with Crippen LogP contribution in [0.2, 0.25) is 0 Å². The van der Waals surface area contributed by atoms with E-state index in [1.165, 1.54) is 47.3 Å². The van der Waals surface area contributed by atoms with Crippen molar-refractivity contribution in [3.8, 4) is 16.9 Å². The van der Waals surface area contributed by atoms with Gasteiger partial charge in [-0.05, 0) is 17.7 Å². The number of benzene rings is 1. The number of nitrogens with zero attached hydrogens (tertiary/aromatic N) is 4. The number of imidazole rings is 1. The second kappa shape index (κ2) is 8.15. The highest BCUT2D eigenvalue weighted by molar-refractivity contribution is 5.91. The molecule has 1 saturated heterocycles. The highest BCUT2D eigenvalue weighted by Crippen LogP contribution is 2.31. The number of rotatable bonds is 5. The molecule has 32 heavy (non-hydrogen) atoms. The van der Waals surface area contributed by atoms with Crippen LogP contribution in [0.1, 0.15) is 6.04 Å². The van der Waals surface area contributed by atoms with E-state index in [1.54, 1.807) is 22.7 Å². The summed E-state index contributed by atoms with van der Waals surface area (Å²) in [5, 5.41) is 8.80. The zero-order chi connectivity index (χ0) is 23.0. The van der Waals surface area contributed by atoms with Crippen LogP contribution in [-0.4, -0.2) is 56.1 Å². The number of alkyl halides is 3. The molecule has 1 aromatic carbocycles. The van der Waals surface area contributed by atoms with Gasteiger partial charge in [-0.1, -0.05) is 18.2 Å². The number of pyridine rings is 1. The lowest BCUT2D eigenvalue weighted by Gasteiger charge is -2.39. The van der Waals surface area contributed by atoms with Crippen molar-refractivity contribution in [3.63, 3.8) is 0 Å². The minimum absolute atomic E-state index is 0.240. The third kappa shape index (κ3) is 4.11. The summed E-state index contributed by atoms with van der Waals surface area (Å²) in [7, 11) is 1.68. The van der Waals surface area contributed by atoms with E-state index in [9.17, 15) is 22.8 Å². The molecule has 4 rings (SSSR count). The number of aliphatic hydroxyl groups is 1. The van der Waals surface area contributed by atoms with Crippen LogP contribution in [0, 0.1) is 0 Å². The third-order valence-corrected chi connectivity index (χ3v) is 5.23. The fraction of sp³-hybridized carbons (Fsp3) is 0.286. The Hall–Kier alpha value is -3.60. The molecule has 0 radical (unpaired) electrons. The summed E-state index contributed by atoms with van der Waals surface area (Å²) in [4.78, 5) is 31.0. The van der Waals surface area contributed by atoms with Gasteiger partial charge in [-0.15, -0.1) is 13.2 Å². The Morgan fingerprint density at radius 2 is 1.97 bits per heavy atom. The lowest BCUT2D eigenvalue weighted by atomic mass is 10.0. The van der Waals surface area contributed by atoms with Crippen LogP contribution in [0.4, 0.5) is 13.2 Å². The maximum absolute atomic E-state index is 13.1. The summed E-state index contributed by atoms with van der Waals surface area (Å²) in [5.74, 6) is -0.610. The molecule has 1 N–H and O–H groups in total.